The van der Waals surface area contributed by atoms with E-state index in [4.69, 9.17) is 14.9 Å². The van der Waals surface area contributed by atoms with Gasteiger partial charge in [0.2, 0.25) is 5.82 Å². The molecule has 0 radical (unpaired) electrons. The molecule has 1 atom stereocenters. The highest BCUT2D eigenvalue weighted by molar-refractivity contribution is 5.32. The van der Waals surface area contributed by atoms with E-state index in [1.807, 2.05) is 0 Å². The van der Waals surface area contributed by atoms with E-state index in [-0.39, 0.29) is 12.4 Å². The van der Waals surface area contributed by atoms with Gasteiger partial charge in [-0.15, -0.1) is 0 Å². The molecule has 2 N–H and O–H groups in total. The third-order valence-electron chi connectivity index (χ3n) is 2.83. The van der Waals surface area contributed by atoms with Crippen LogP contribution in [0.3, 0.4) is 0 Å². The van der Waals surface area contributed by atoms with Crippen molar-refractivity contribution >= 4 is 0 Å². The Morgan fingerprint density at radius 2 is 1.52 bits per heavy atom. The van der Waals surface area contributed by atoms with Gasteiger partial charge in [-0.05, 0) is 12.1 Å². The van der Waals surface area contributed by atoms with Gasteiger partial charge in [0, 0.05) is 7.11 Å². The second-order valence-electron chi connectivity index (χ2n) is 4.20. The summed E-state index contributed by atoms with van der Waals surface area (Å²) in [5, 5.41) is 0. The lowest BCUT2D eigenvalue weighted by Gasteiger charge is -2.13. The minimum atomic E-state index is -2.24. The predicted molar refractivity (Wildman–Crippen MR) is 61.7 cm³/mol. The SMILES string of the molecule is COCc1ccc(C(N)c2c(F)c(F)c(F)c(F)c2F)o1. The fourth-order valence-electron chi connectivity index (χ4n) is 1.82. The molecule has 0 saturated heterocycles. The Morgan fingerprint density at radius 1 is 1.00 bits per heavy atom. The molecule has 0 spiro atoms. The molecule has 1 aromatic heterocycles. The van der Waals surface area contributed by atoms with Gasteiger partial charge >= 0.3 is 0 Å². The van der Waals surface area contributed by atoms with Gasteiger partial charge in [0.25, 0.3) is 0 Å². The van der Waals surface area contributed by atoms with Crippen LogP contribution in [0.5, 0.6) is 0 Å². The van der Waals surface area contributed by atoms with E-state index in [0.717, 1.165) is 0 Å². The van der Waals surface area contributed by atoms with Crippen molar-refractivity contribution < 1.29 is 31.1 Å². The molecule has 3 nitrogen and oxygen atoms in total. The van der Waals surface area contributed by atoms with E-state index < -0.39 is 40.7 Å². The lowest BCUT2D eigenvalue weighted by molar-refractivity contribution is 0.162. The molecule has 8 heteroatoms. The van der Waals surface area contributed by atoms with Crippen molar-refractivity contribution in [1.29, 1.82) is 0 Å². The van der Waals surface area contributed by atoms with E-state index >= 15 is 0 Å². The first-order valence-corrected chi connectivity index (χ1v) is 5.73. The molecule has 1 aromatic carbocycles. The van der Waals surface area contributed by atoms with Gasteiger partial charge < -0.3 is 14.9 Å². The quantitative estimate of drug-likeness (QED) is 0.536. The molecule has 2 aromatic rings. The van der Waals surface area contributed by atoms with Crippen molar-refractivity contribution in [2.75, 3.05) is 7.11 Å². The van der Waals surface area contributed by atoms with Gasteiger partial charge in [0.05, 0.1) is 11.6 Å². The van der Waals surface area contributed by atoms with Gasteiger partial charge in [0.15, 0.2) is 23.3 Å². The van der Waals surface area contributed by atoms with Crippen molar-refractivity contribution in [2.45, 2.75) is 12.6 Å². The Kier molecular flexibility index (Phi) is 4.29. The van der Waals surface area contributed by atoms with Gasteiger partial charge in [-0.2, -0.15) is 0 Å². The summed E-state index contributed by atoms with van der Waals surface area (Å²) < 4.78 is 76.4. The molecular weight excluding hydrogens is 297 g/mol. The lowest BCUT2D eigenvalue weighted by atomic mass is 10.0. The highest BCUT2D eigenvalue weighted by Crippen LogP contribution is 2.30. The molecular formula is C13H10F5NO2. The van der Waals surface area contributed by atoms with Crippen LogP contribution in [-0.4, -0.2) is 7.11 Å². The predicted octanol–water partition coefficient (Wildman–Crippen LogP) is 3.17. The van der Waals surface area contributed by atoms with Crippen LogP contribution >= 0.6 is 0 Å². The van der Waals surface area contributed by atoms with Crippen molar-refractivity contribution in [2.24, 2.45) is 5.73 Å². The van der Waals surface area contributed by atoms with Crippen LogP contribution in [0.1, 0.15) is 23.1 Å². The number of hydrogen-bond donors (Lipinski definition) is 1. The summed E-state index contributed by atoms with van der Waals surface area (Å²) in [4.78, 5) is 0. The summed E-state index contributed by atoms with van der Waals surface area (Å²) in [6, 6.07) is 1.06. The molecule has 0 aliphatic heterocycles. The molecule has 0 fully saturated rings. The van der Waals surface area contributed by atoms with Crippen LogP contribution in [0.4, 0.5) is 22.0 Å². The van der Waals surface area contributed by atoms with E-state index in [2.05, 4.69) is 0 Å². The van der Waals surface area contributed by atoms with Crippen molar-refractivity contribution in [3.05, 3.63) is 58.3 Å². The molecule has 1 heterocycles. The average molecular weight is 307 g/mol. The van der Waals surface area contributed by atoms with E-state index in [1.165, 1.54) is 19.2 Å². The van der Waals surface area contributed by atoms with Crippen LogP contribution in [-0.2, 0) is 11.3 Å². The first-order chi connectivity index (χ1) is 9.88. The number of furan rings is 1. The Morgan fingerprint density at radius 3 is 2.05 bits per heavy atom. The third kappa shape index (κ3) is 2.64. The standard InChI is InChI=1S/C13H10F5NO2/c1-20-4-5-2-3-6(21-5)13(19)7-8(14)10(16)12(18)11(17)9(7)15/h2-3,13H,4,19H2,1H3. The van der Waals surface area contributed by atoms with Crippen LogP contribution in [0.15, 0.2) is 16.5 Å². The van der Waals surface area contributed by atoms with Crippen LogP contribution < -0.4 is 5.73 Å². The number of ether oxygens (including phenoxy) is 1. The zero-order chi connectivity index (χ0) is 15.7. The van der Waals surface area contributed by atoms with Crippen molar-refractivity contribution in [3.63, 3.8) is 0 Å². The van der Waals surface area contributed by atoms with Gasteiger partial charge in [-0.1, -0.05) is 0 Å². The maximum atomic E-state index is 13.6. The first-order valence-electron chi connectivity index (χ1n) is 5.73. The van der Waals surface area contributed by atoms with Crippen LogP contribution in [0.25, 0.3) is 0 Å². The van der Waals surface area contributed by atoms with Crippen LogP contribution in [0, 0.1) is 29.1 Å². The molecule has 1 unspecified atom stereocenters. The molecule has 21 heavy (non-hydrogen) atoms. The largest absolute Gasteiger partial charge is 0.462 e. The third-order valence-corrected chi connectivity index (χ3v) is 2.83. The summed E-state index contributed by atoms with van der Waals surface area (Å²) in [6.07, 6.45) is 0. The normalized spacial score (nSPS) is 12.7. The Hall–Kier alpha value is -1.93. The number of nitrogens with two attached hydrogens (primary N) is 1. The average Bonchev–Trinajstić information content (AvgIpc) is 2.92. The molecule has 114 valence electrons. The minimum absolute atomic E-state index is 0.0732. The lowest BCUT2D eigenvalue weighted by Crippen LogP contribution is -2.18. The highest BCUT2D eigenvalue weighted by Gasteiger charge is 2.30. The Bertz CT molecular complexity index is 642. The number of hydrogen-bond acceptors (Lipinski definition) is 3. The second-order valence-corrected chi connectivity index (χ2v) is 4.20. The van der Waals surface area contributed by atoms with Gasteiger partial charge in [-0.3, -0.25) is 0 Å². The Balaban J connectivity index is 2.50. The smallest absolute Gasteiger partial charge is 0.200 e. The first kappa shape index (κ1) is 15.5. The fourth-order valence-corrected chi connectivity index (χ4v) is 1.82. The fraction of sp³-hybridized carbons (Fsp3) is 0.231. The van der Waals surface area contributed by atoms with Crippen molar-refractivity contribution in [3.8, 4) is 0 Å². The van der Waals surface area contributed by atoms with Gasteiger partial charge in [-0.25, -0.2) is 22.0 Å². The zero-order valence-electron chi connectivity index (χ0n) is 10.7. The van der Waals surface area contributed by atoms with Crippen LogP contribution in [0.2, 0.25) is 0 Å². The van der Waals surface area contributed by atoms with E-state index in [1.54, 1.807) is 0 Å². The topological polar surface area (TPSA) is 48.4 Å². The van der Waals surface area contributed by atoms with E-state index in [9.17, 15) is 22.0 Å². The molecule has 0 saturated carbocycles. The zero-order valence-corrected chi connectivity index (χ0v) is 10.7. The van der Waals surface area contributed by atoms with Crippen molar-refractivity contribution in [1.82, 2.24) is 0 Å². The summed E-state index contributed by atoms with van der Waals surface area (Å²) >= 11 is 0. The summed E-state index contributed by atoms with van der Waals surface area (Å²) in [5.41, 5.74) is 4.40. The van der Waals surface area contributed by atoms with Gasteiger partial charge in [0.1, 0.15) is 18.1 Å². The summed E-state index contributed by atoms with van der Waals surface area (Å²) in [7, 11) is 1.40. The molecule has 0 aliphatic rings. The summed E-state index contributed by atoms with van der Waals surface area (Å²) in [6.45, 7) is 0.0732. The molecule has 2 rings (SSSR count). The number of rotatable bonds is 4. The minimum Gasteiger partial charge on any atom is -0.462 e. The number of benzene rings is 1. The molecule has 0 amide bonds. The highest BCUT2D eigenvalue weighted by atomic mass is 19.2. The number of methoxy groups -OCH3 is 1. The maximum absolute atomic E-state index is 13.6. The Labute approximate surface area is 116 Å². The molecule has 0 aliphatic carbocycles. The molecule has 0 bridgehead atoms. The van der Waals surface area contributed by atoms with E-state index in [0.29, 0.717) is 5.76 Å². The summed E-state index contributed by atoms with van der Waals surface area (Å²) in [5.74, 6) is -10.2. The second kappa shape index (κ2) is 5.82. The monoisotopic (exact) mass is 307 g/mol. The maximum Gasteiger partial charge on any atom is 0.200 e. The number of halogens is 5.